The molecule has 0 spiro atoms. The Bertz CT molecular complexity index is 1620. The molecule has 0 saturated heterocycles. The molecule has 5 rings (SSSR count). The van der Waals surface area contributed by atoms with Gasteiger partial charge in [0, 0.05) is 16.6 Å². The molecule has 3 aromatic carbocycles. The van der Waals surface area contributed by atoms with E-state index >= 15 is 0 Å². The van der Waals surface area contributed by atoms with Gasteiger partial charge in [0.05, 0.1) is 25.6 Å². The molecule has 7 heteroatoms. The fourth-order valence-corrected chi connectivity index (χ4v) is 5.32. The van der Waals surface area contributed by atoms with Gasteiger partial charge in [-0.1, -0.05) is 48.0 Å². The fourth-order valence-electron chi connectivity index (χ4n) is 4.30. The van der Waals surface area contributed by atoms with Crippen molar-refractivity contribution in [2.45, 2.75) is 13.8 Å². The van der Waals surface area contributed by atoms with Crippen LogP contribution < -0.4 is 20.5 Å². The topological polar surface area (TPSA) is 86.5 Å². The van der Waals surface area contributed by atoms with Crippen LogP contribution in [0.25, 0.3) is 32.6 Å². The zero-order valence-corrected chi connectivity index (χ0v) is 21.9. The molecule has 5 aromatic rings. The molecule has 0 radical (unpaired) electrons. The number of carbonyl (C=O) groups excluding carboxylic acids is 1. The van der Waals surface area contributed by atoms with Crippen molar-refractivity contribution in [2.75, 3.05) is 25.3 Å². The normalized spacial score (nSPS) is 10.9. The second-order valence-corrected chi connectivity index (χ2v) is 9.84. The molecule has 0 saturated carbocycles. The number of aromatic nitrogens is 1. The number of benzene rings is 3. The summed E-state index contributed by atoms with van der Waals surface area (Å²) in [5.74, 6) is 0.973. The maximum absolute atomic E-state index is 13.3. The van der Waals surface area contributed by atoms with Crippen molar-refractivity contribution in [3.63, 3.8) is 0 Å². The molecule has 0 aliphatic rings. The zero-order chi connectivity index (χ0) is 26.1. The summed E-state index contributed by atoms with van der Waals surface area (Å²) < 4.78 is 11.0. The number of nitrogens with zero attached hydrogens (tertiary/aromatic N) is 1. The minimum absolute atomic E-state index is 0.263. The van der Waals surface area contributed by atoms with Crippen LogP contribution in [0.3, 0.4) is 0 Å². The molecule has 1 amide bonds. The van der Waals surface area contributed by atoms with Gasteiger partial charge in [0.1, 0.15) is 9.71 Å². The second kappa shape index (κ2) is 9.95. The van der Waals surface area contributed by atoms with Gasteiger partial charge in [-0.25, -0.2) is 4.98 Å². The highest BCUT2D eigenvalue weighted by Gasteiger charge is 2.22. The van der Waals surface area contributed by atoms with Crippen molar-refractivity contribution < 1.29 is 14.3 Å². The van der Waals surface area contributed by atoms with Gasteiger partial charge in [0.15, 0.2) is 11.5 Å². The van der Waals surface area contributed by atoms with Crippen LogP contribution in [-0.2, 0) is 0 Å². The van der Waals surface area contributed by atoms with Crippen molar-refractivity contribution in [1.82, 2.24) is 4.98 Å². The second-order valence-electron chi connectivity index (χ2n) is 8.84. The number of nitrogens with one attached hydrogen (secondary N) is 1. The molecule has 2 aromatic heterocycles. The summed E-state index contributed by atoms with van der Waals surface area (Å²) >= 11 is 1.29. The summed E-state index contributed by atoms with van der Waals surface area (Å²) in [6.07, 6.45) is 0. The standard InChI is InChI=1S/C30H27N3O3S/c1-17-8-10-19(11-9-17)23-16-22(20-12-13-24(35-3)25(15-20)36-4)26-27(31)28(37-30(26)33-23)29(34)32-21-7-5-6-18(2)14-21/h5-16H,31H2,1-4H3,(H,32,34). The number of ether oxygens (including phenoxy) is 2. The summed E-state index contributed by atoms with van der Waals surface area (Å²) in [4.78, 5) is 19.3. The highest BCUT2D eigenvalue weighted by Crippen LogP contribution is 2.43. The van der Waals surface area contributed by atoms with E-state index in [0.717, 1.165) is 39.0 Å². The van der Waals surface area contributed by atoms with E-state index in [2.05, 4.69) is 24.4 Å². The summed E-state index contributed by atoms with van der Waals surface area (Å²) in [6.45, 7) is 4.03. The number of methoxy groups -OCH3 is 2. The number of amides is 1. The zero-order valence-electron chi connectivity index (χ0n) is 21.1. The van der Waals surface area contributed by atoms with Crippen molar-refractivity contribution in [1.29, 1.82) is 0 Å². The third-order valence-corrected chi connectivity index (χ3v) is 7.32. The minimum atomic E-state index is -0.263. The van der Waals surface area contributed by atoms with E-state index in [-0.39, 0.29) is 5.91 Å². The fraction of sp³-hybridized carbons (Fsp3) is 0.133. The Kier molecular flexibility index (Phi) is 6.54. The van der Waals surface area contributed by atoms with Crippen LogP contribution in [-0.4, -0.2) is 25.1 Å². The molecule has 37 heavy (non-hydrogen) atoms. The minimum Gasteiger partial charge on any atom is -0.493 e. The summed E-state index contributed by atoms with van der Waals surface area (Å²) in [5.41, 5.74) is 13.5. The lowest BCUT2D eigenvalue weighted by molar-refractivity contribution is 0.103. The van der Waals surface area contributed by atoms with E-state index in [1.54, 1.807) is 14.2 Å². The number of aryl methyl sites for hydroxylation is 2. The predicted octanol–water partition coefficient (Wildman–Crippen LogP) is 7.10. The lowest BCUT2D eigenvalue weighted by Gasteiger charge is -2.12. The number of rotatable bonds is 6. The molecule has 0 atom stereocenters. The average molecular weight is 510 g/mol. The first-order valence-corrected chi connectivity index (χ1v) is 12.6. The molecular weight excluding hydrogens is 482 g/mol. The number of thiophene rings is 1. The Hall–Kier alpha value is -4.36. The Morgan fingerprint density at radius 3 is 2.30 bits per heavy atom. The number of anilines is 2. The molecule has 0 bridgehead atoms. The average Bonchev–Trinajstić information content (AvgIpc) is 3.24. The highest BCUT2D eigenvalue weighted by atomic mass is 32.1. The molecule has 3 N–H and O–H groups in total. The number of nitrogens with two attached hydrogens (primary N) is 1. The van der Waals surface area contributed by atoms with E-state index in [9.17, 15) is 4.79 Å². The Morgan fingerprint density at radius 1 is 0.865 bits per heavy atom. The monoisotopic (exact) mass is 509 g/mol. The van der Waals surface area contributed by atoms with E-state index in [1.807, 2.05) is 67.6 Å². The van der Waals surface area contributed by atoms with E-state index in [0.29, 0.717) is 26.9 Å². The van der Waals surface area contributed by atoms with Crippen LogP contribution in [0.2, 0.25) is 0 Å². The molecule has 0 unspecified atom stereocenters. The van der Waals surface area contributed by atoms with Gasteiger partial charge in [-0.15, -0.1) is 11.3 Å². The van der Waals surface area contributed by atoms with Gasteiger partial charge >= 0.3 is 0 Å². The van der Waals surface area contributed by atoms with Crippen molar-refractivity contribution >= 4 is 38.8 Å². The molecular formula is C30H27N3O3S. The smallest absolute Gasteiger partial charge is 0.267 e. The van der Waals surface area contributed by atoms with Crippen molar-refractivity contribution in [2.24, 2.45) is 0 Å². The van der Waals surface area contributed by atoms with Gasteiger partial charge in [-0.3, -0.25) is 4.79 Å². The Balaban J connectivity index is 1.69. The maximum Gasteiger partial charge on any atom is 0.267 e. The van der Waals surface area contributed by atoms with Gasteiger partial charge in [0.2, 0.25) is 0 Å². The van der Waals surface area contributed by atoms with E-state index in [4.69, 9.17) is 20.2 Å². The summed E-state index contributed by atoms with van der Waals surface area (Å²) in [7, 11) is 3.21. The summed E-state index contributed by atoms with van der Waals surface area (Å²) in [6, 6.07) is 23.6. The SMILES string of the molecule is COc1ccc(-c2cc(-c3ccc(C)cc3)nc3sc(C(=O)Nc4cccc(C)c4)c(N)c23)cc1OC. The van der Waals surface area contributed by atoms with Crippen LogP contribution in [0, 0.1) is 13.8 Å². The molecule has 0 aliphatic heterocycles. The van der Waals surface area contributed by atoms with Crippen LogP contribution in [0.5, 0.6) is 11.5 Å². The van der Waals surface area contributed by atoms with E-state index < -0.39 is 0 Å². The van der Waals surface area contributed by atoms with Crippen molar-refractivity contribution in [3.8, 4) is 33.9 Å². The van der Waals surface area contributed by atoms with E-state index in [1.165, 1.54) is 16.9 Å². The quantitative estimate of drug-likeness (QED) is 0.255. The largest absolute Gasteiger partial charge is 0.493 e. The van der Waals surface area contributed by atoms with Gasteiger partial charge in [-0.05, 0) is 60.9 Å². The number of hydrogen-bond acceptors (Lipinski definition) is 6. The number of fused-ring (bicyclic) bond motifs is 1. The van der Waals surface area contributed by atoms with Crippen molar-refractivity contribution in [3.05, 3.63) is 88.8 Å². The van der Waals surface area contributed by atoms with Crippen LogP contribution >= 0.6 is 11.3 Å². The van der Waals surface area contributed by atoms with Crippen LogP contribution in [0.1, 0.15) is 20.8 Å². The predicted molar refractivity (Wildman–Crippen MR) is 152 cm³/mol. The van der Waals surface area contributed by atoms with Gasteiger partial charge in [0.25, 0.3) is 5.91 Å². The first-order valence-electron chi connectivity index (χ1n) is 11.8. The number of nitrogen functional groups attached to an aromatic ring is 1. The molecule has 186 valence electrons. The highest BCUT2D eigenvalue weighted by molar-refractivity contribution is 7.21. The summed E-state index contributed by atoms with van der Waals surface area (Å²) in [5, 5.41) is 3.71. The number of carbonyl (C=O) groups is 1. The molecule has 6 nitrogen and oxygen atoms in total. The first kappa shape index (κ1) is 24.3. The van der Waals surface area contributed by atoms with Gasteiger partial charge < -0.3 is 20.5 Å². The maximum atomic E-state index is 13.3. The third-order valence-electron chi connectivity index (χ3n) is 6.22. The van der Waals surface area contributed by atoms with Crippen LogP contribution in [0.15, 0.2) is 72.8 Å². The molecule has 0 fully saturated rings. The number of hydrogen-bond donors (Lipinski definition) is 2. The lowest BCUT2D eigenvalue weighted by Crippen LogP contribution is -2.12. The van der Waals surface area contributed by atoms with Gasteiger partial charge in [-0.2, -0.15) is 0 Å². The molecule has 0 aliphatic carbocycles. The third kappa shape index (κ3) is 4.73. The Labute approximate surface area is 219 Å². The van der Waals surface area contributed by atoms with Crippen LogP contribution in [0.4, 0.5) is 11.4 Å². The first-order chi connectivity index (χ1) is 17.9. The molecule has 2 heterocycles. The number of pyridine rings is 1. The Morgan fingerprint density at radius 2 is 1.59 bits per heavy atom. The lowest BCUT2D eigenvalue weighted by atomic mass is 9.98.